The number of hydrogen-bond donors (Lipinski definition) is 2. The summed E-state index contributed by atoms with van der Waals surface area (Å²) >= 11 is 0. The van der Waals surface area contributed by atoms with Gasteiger partial charge in [-0.15, -0.1) is 0 Å². The highest BCUT2D eigenvalue weighted by Crippen LogP contribution is 2.40. The van der Waals surface area contributed by atoms with E-state index in [1.807, 2.05) is 0 Å². The maximum Gasteiger partial charge on any atom is 0.320 e. The molecule has 94 valence electrons. The van der Waals surface area contributed by atoms with Crippen molar-refractivity contribution in [3.63, 3.8) is 0 Å². The first-order chi connectivity index (χ1) is 7.36. The van der Waals surface area contributed by atoms with Crippen molar-refractivity contribution in [1.29, 1.82) is 0 Å². The normalized spacial score (nSPS) is 28.8. The third kappa shape index (κ3) is 3.21. The Balaban J connectivity index is 2.51. The van der Waals surface area contributed by atoms with E-state index in [9.17, 15) is 4.79 Å². The van der Waals surface area contributed by atoms with Crippen LogP contribution in [0.4, 0.5) is 0 Å². The lowest BCUT2D eigenvalue weighted by atomic mass is 9.68. The minimum Gasteiger partial charge on any atom is -0.480 e. The molecule has 1 saturated carbocycles. The lowest BCUT2D eigenvalue weighted by Gasteiger charge is -2.38. The predicted molar refractivity (Wildman–Crippen MR) is 65.4 cm³/mol. The summed E-state index contributed by atoms with van der Waals surface area (Å²) < 4.78 is 0. The number of rotatable bonds is 3. The highest BCUT2D eigenvalue weighted by Gasteiger charge is 2.34. The third-order valence-electron chi connectivity index (χ3n) is 4.05. The van der Waals surface area contributed by atoms with E-state index in [2.05, 4.69) is 26.1 Å². The van der Waals surface area contributed by atoms with Crippen LogP contribution in [-0.2, 0) is 4.79 Å². The van der Waals surface area contributed by atoms with Gasteiger partial charge in [0.15, 0.2) is 0 Å². The summed E-state index contributed by atoms with van der Waals surface area (Å²) in [6, 6.07) is -0.360. The van der Waals surface area contributed by atoms with E-state index in [1.165, 1.54) is 12.8 Å². The number of likely N-dealkylation sites (N-methyl/N-ethyl adjacent to an activating group) is 1. The van der Waals surface area contributed by atoms with Crippen molar-refractivity contribution in [2.45, 2.75) is 52.5 Å². The first-order valence-electron chi connectivity index (χ1n) is 6.26. The molecular formula is C13H25NO2. The van der Waals surface area contributed by atoms with Crippen molar-refractivity contribution in [1.82, 2.24) is 5.32 Å². The zero-order valence-corrected chi connectivity index (χ0v) is 10.9. The van der Waals surface area contributed by atoms with Gasteiger partial charge in [0, 0.05) is 0 Å². The summed E-state index contributed by atoms with van der Waals surface area (Å²) in [6.07, 6.45) is 4.42. The summed E-state index contributed by atoms with van der Waals surface area (Å²) in [5.74, 6) is 0.345. The lowest BCUT2D eigenvalue weighted by Crippen LogP contribution is -2.43. The average molecular weight is 227 g/mol. The van der Waals surface area contributed by atoms with Gasteiger partial charge in [0.05, 0.1) is 0 Å². The summed E-state index contributed by atoms with van der Waals surface area (Å²) in [5.41, 5.74) is 0.364. The summed E-state index contributed by atoms with van der Waals surface area (Å²) in [5, 5.41) is 12.0. The quantitative estimate of drug-likeness (QED) is 0.779. The van der Waals surface area contributed by atoms with Gasteiger partial charge in [-0.05, 0) is 50.0 Å². The Morgan fingerprint density at radius 1 is 1.25 bits per heavy atom. The molecule has 0 spiro atoms. The van der Waals surface area contributed by atoms with Gasteiger partial charge in [-0.1, -0.05) is 20.8 Å². The molecule has 0 radical (unpaired) electrons. The summed E-state index contributed by atoms with van der Waals surface area (Å²) in [4.78, 5) is 11.0. The number of carboxylic acids is 1. The van der Waals surface area contributed by atoms with Crippen LogP contribution in [-0.4, -0.2) is 24.2 Å². The van der Waals surface area contributed by atoms with Crippen LogP contribution >= 0.6 is 0 Å². The van der Waals surface area contributed by atoms with Gasteiger partial charge in [0.25, 0.3) is 0 Å². The second-order valence-corrected chi connectivity index (χ2v) is 6.08. The molecule has 0 bridgehead atoms. The smallest absolute Gasteiger partial charge is 0.320 e. The molecule has 0 saturated heterocycles. The van der Waals surface area contributed by atoms with Crippen LogP contribution in [0.1, 0.15) is 46.5 Å². The van der Waals surface area contributed by atoms with Crippen molar-refractivity contribution >= 4 is 5.97 Å². The molecule has 1 unspecified atom stereocenters. The fourth-order valence-corrected chi connectivity index (χ4v) is 2.88. The second-order valence-electron chi connectivity index (χ2n) is 6.08. The zero-order chi connectivity index (χ0) is 12.3. The van der Waals surface area contributed by atoms with E-state index in [-0.39, 0.29) is 6.04 Å². The largest absolute Gasteiger partial charge is 0.480 e. The van der Waals surface area contributed by atoms with Gasteiger partial charge in [0.2, 0.25) is 0 Å². The van der Waals surface area contributed by atoms with E-state index in [1.54, 1.807) is 7.05 Å². The Morgan fingerprint density at radius 3 is 2.06 bits per heavy atom. The molecule has 1 rings (SSSR count). The van der Waals surface area contributed by atoms with Gasteiger partial charge < -0.3 is 10.4 Å². The Labute approximate surface area is 98.6 Å². The number of aliphatic carboxylic acids is 1. The highest BCUT2D eigenvalue weighted by molar-refractivity contribution is 5.73. The Morgan fingerprint density at radius 2 is 1.75 bits per heavy atom. The van der Waals surface area contributed by atoms with E-state index >= 15 is 0 Å². The van der Waals surface area contributed by atoms with E-state index in [4.69, 9.17) is 5.11 Å². The van der Waals surface area contributed by atoms with Crippen LogP contribution in [0.25, 0.3) is 0 Å². The van der Waals surface area contributed by atoms with Crippen LogP contribution in [0, 0.1) is 17.3 Å². The van der Waals surface area contributed by atoms with Gasteiger partial charge in [0.1, 0.15) is 6.04 Å². The topological polar surface area (TPSA) is 49.3 Å². The first-order valence-corrected chi connectivity index (χ1v) is 6.26. The molecule has 1 aliphatic rings. The molecule has 0 aromatic carbocycles. The van der Waals surface area contributed by atoms with Gasteiger partial charge in [-0.25, -0.2) is 0 Å². The monoisotopic (exact) mass is 227 g/mol. The third-order valence-corrected chi connectivity index (χ3v) is 4.05. The fraction of sp³-hybridized carbons (Fsp3) is 0.923. The molecule has 16 heavy (non-hydrogen) atoms. The summed E-state index contributed by atoms with van der Waals surface area (Å²) in [6.45, 7) is 6.85. The maximum atomic E-state index is 11.0. The lowest BCUT2D eigenvalue weighted by molar-refractivity contribution is -0.141. The average Bonchev–Trinajstić information content (AvgIpc) is 2.17. The number of hydrogen-bond acceptors (Lipinski definition) is 2. The fourth-order valence-electron chi connectivity index (χ4n) is 2.88. The minimum absolute atomic E-state index is 0.307. The van der Waals surface area contributed by atoms with Crippen molar-refractivity contribution in [3.05, 3.63) is 0 Å². The van der Waals surface area contributed by atoms with Gasteiger partial charge in [-0.2, -0.15) is 0 Å². The van der Waals surface area contributed by atoms with Crippen LogP contribution in [0.3, 0.4) is 0 Å². The van der Waals surface area contributed by atoms with Crippen molar-refractivity contribution in [3.8, 4) is 0 Å². The Kier molecular flexibility index (Phi) is 4.36. The van der Waals surface area contributed by atoms with Crippen molar-refractivity contribution in [2.24, 2.45) is 17.3 Å². The molecule has 2 N–H and O–H groups in total. The number of nitrogens with one attached hydrogen (secondary N) is 1. The number of carbonyl (C=O) groups is 1. The van der Waals surface area contributed by atoms with Crippen LogP contribution in [0.2, 0.25) is 0 Å². The molecule has 1 atom stereocenters. The predicted octanol–water partition coefficient (Wildman–Crippen LogP) is 2.51. The number of carboxylic acid groups (broad SMARTS) is 1. The minimum atomic E-state index is -0.707. The van der Waals surface area contributed by atoms with Crippen LogP contribution in [0.15, 0.2) is 0 Å². The zero-order valence-electron chi connectivity index (χ0n) is 10.9. The molecule has 1 aliphatic carbocycles. The first kappa shape index (κ1) is 13.5. The molecule has 0 amide bonds. The van der Waals surface area contributed by atoms with Gasteiger partial charge in [-0.3, -0.25) is 4.79 Å². The Hall–Kier alpha value is -0.570. The summed E-state index contributed by atoms with van der Waals surface area (Å²) in [7, 11) is 1.74. The standard InChI is InChI=1S/C13H25NO2/c1-13(2,3)10-7-5-9(6-8-10)11(14-4)12(15)16/h9-11,14H,5-8H2,1-4H3,(H,15,16). The SMILES string of the molecule is CNC(C(=O)O)C1CCC(C(C)(C)C)CC1. The highest BCUT2D eigenvalue weighted by atomic mass is 16.4. The van der Waals surface area contributed by atoms with E-state index in [0.29, 0.717) is 11.3 Å². The van der Waals surface area contributed by atoms with E-state index in [0.717, 1.165) is 18.8 Å². The Bertz CT molecular complexity index is 237. The van der Waals surface area contributed by atoms with E-state index < -0.39 is 5.97 Å². The van der Waals surface area contributed by atoms with Crippen molar-refractivity contribution in [2.75, 3.05) is 7.05 Å². The maximum absolute atomic E-state index is 11.0. The molecule has 3 heteroatoms. The molecule has 0 aromatic heterocycles. The molecule has 0 aliphatic heterocycles. The van der Waals surface area contributed by atoms with Crippen LogP contribution < -0.4 is 5.32 Å². The van der Waals surface area contributed by atoms with Crippen molar-refractivity contribution < 1.29 is 9.90 Å². The molecular weight excluding hydrogens is 202 g/mol. The second kappa shape index (κ2) is 5.17. The van der Waals surface area contributed by atoms with Gasteiger partial charge >= 0.3 is 5.97 Å². The molecule has 1 fully saturated rings. The molecule has 0 aromatic rings. The molecule has 3 nitrogen and oxygen atoms in total. The van der Waals surface area contributed by atoms with Crippen LogP contribution in [0.5, 0.6) is 0 Å². The molecule has 0 heterocycles.